The number of nitriles is 1. The van der Waals surface area contributed by atoms with Crippen molar-refractivity contribution in [3.63, 3.8) is 0 Å². The Morgan fingerprint density at radius 2 is 2.47 bits per heavy atom. The number of aromatic nitrogens is 1. The molecule has 0 aromatic carbocycles. The molecule has 88 valence electrons. The highest BCUT2D eigenvalue weighted by atomic mass is 35.5. The Hall–Kier alpha value is -2.06. The Labute approximate surface area is 104 Å². The van der Waals surface area contributed by atoms with Gasteiger partial charge in [-0.1, -0.05) is 11.6 Å². The summed E-state index contributed by atoms with van der Waals surface area (Å²) in [7, 11) is 0. The molecule has 6 heteroatoms. The molecule has 0 saturated carbocycles. The van der Waals surface area contributed by atoms with Crippen molar-refractivity contribution in [2.75, 3.05) is 11.9 Å². The Morgan fingerprint density at radius 1 is 1.71 bits per heavy atom. The summed E-state index contributed by atoms with van der Waals surface area (Å²) in [6.45, 7) is 1.89. The highest BCUT2D eigenvalue weighted by Gasteiger charge is 2.08. The number of hydrogen-bond donors (Lipinski definition) is 1. The SMILES string of the molecule is CCOC(=O)C(C#N)=CNc1ccc(Cl)nc1. The van der Waals surface area contributed by atoms with Gasteiger partial charge in [0, 0.05) is 6.20 Å². The van der Waals surface area contributed by atoms with Gasteiger partial charge in [0.1, 0.15) is 11.2 Å². The Morgan fingerprint density at radius 3 is 3.00 bits per heavy atom. The molecule has 0 bridgehead atoms. The zero-order valence-electron chi connectivity index (χ0n) is 9.11. The van der Waals surface area contributed by atoms with Crippen molar-refractivity contribution in [3.8, 4) is 6.07 Å². The van der Waals surface area contributed by atoms with E-state index >= 15 is 0 Å². The molecule has 1 heterocycles. The van der Waals surface area contributed by atoms with Crippen molar-refractivity contribution in [1.82, 2.24) is 4.98 Å². The largest absolute Gasteiger partial charge is 0.462 e. The van der Waals surface area contributed by atoms with Crippen LogP contribution in [0.25, 0.3) is 0 Å². The highest BCUT2D eigenvalue weighted by molar-refractivity contribution is 6.29. The van der Waals surface area contributed by atoms with Gasteiger partial charge in [-0.25, -0.2) is 9.78 Å². The van der Waals surface area contributed by atoms with Crippen LogP contribution in [0, 0.1) is 11.3 Å². The van der Waals surface area contributed by atoms with Crippen LogP contribution in [0.4, 0.5) is 5.69 Å². The lowest BCUT2D eigenvalue weighted by atomic mass is 10.3. The predicted molar refractivity (Wildman–Crippen MR) is 63.2 cm³/mol. The van der Waals surface area contributed by atoms with Gasteiger partial charge in [-0.3, -0.25) is 0 Å². The molecule has 1 rings (SSSR count). The Balaban J connectivity index is 2.71. The zero-order valence-corrected chi connectivity index (χ0v) is 9.86. The van der Waals surface area contributed by atoms with E-state index in [1.807, 2.05) is 0 Å². The zero-order chi connectivity index (χ0) is 12.7. The third kappa shape index (κ3) is 4.13. The average molecular weight is 252 g/mol. The van der Waals surface area contributed by atoms with Crippen LogP contribution < -0.4 is 5.32 Å². The van der Waals surface area contributed by atoms with Crippen molar-refractivity contribution in [3.05, 3.63) is 35.3 Å². The number of carbonyl (C=O) groups excluding carboxylic acids is 1. The molecule has 0 amide bonds. The number of pyridine rings is 1. The van der Waals surface area contributed by atoms with Crippen LogP contribution in [0.1, 0.15) is 6.92 Å². The average Bonchev–Trinajstić information content (AvgIpc) is 2.32. The van der Waals surface area contributed by atoms with Crippen LogP contribution in [-0.2, 0) is 9.53 Å². The van der Waals surface area contributed by atoms with E-state index in [0.29, 0.717) is 10.8 Å². The van der Waals surface area contributed by atoms with E-state index in [-0.39, 0.29) is 12.2 Å². The van der Waals surface area contributed by atoms with E-state index in [4.69, 9.17) is 21.6 Å². The summed E-state index contributed by atoms with van der Waals surface area (Å²) in [4.78, 5) is 15.1. The Kier molecular flexibility index (Phi) is 4.98. The second-order valence-electron chi connectivity index (χ2n) is 2.90. The number of ether oxygens (including phenoxy) is 1. The fourth-order valence-electron chi connectivity index (χ4n) is 0.962. The fraction of sp³-hybridized carbons (Fsp3) is 0.182. The molecule has 0 saturated heterocycles. The van der Waals surface area contributed by atoms with E-state index in [2.05, 4.69) is 10.3 Å². The number of esters is 1. The molecule has 0 unspecified atom stereocenters. The van der Waals surface area contributed by atoms with E-state index < -0.39 is 5.97 Å². The normalized spacial score (nSPS) is 10.5. The van der Waals surface area contributed by atoms with Crippen LogP contribution in [0.2, 0.25) is 5.15 Å². The fourth-order valence-corrected chi connectivity index (χ4v) is 1.07. The Bertz CT molecular complexity index is 463. The lowest BCUT2D eigenvalue weighted by Gasteiger charge is -2.02. The minimum absolute atomic E-state index is 0.109. The predicted octanol–water partition coefficient (Wildman–Crippen LogP) is 2.12. The first-order chi connectivity index (χ1) is 8.17. The number of hydrogen-bond acceptors (Lipinski definition) is 5. The molecular weight excluding hydrogens is 242 g/mol. The maximum Gasteiger partial charge on any atom is 0.350 e. The lowest BCUT2D eigenvalue weighted by Crippen LogP contribution is -2.07. The summed E-state index contributed by atoms with van der Waals surface area (Å²) >= 11 is 5.61. The van der Waals surface area contributed by atoms with Gasteiger partial charge in [0.05, 0.1) is 18.5 Å². The first-order valence-corrected chi connectivity index (χ1v) is 5.20. The molecular formula is C11H10ClN3O2. The van der Waals surface area contributed by atoms with Crippen LogP contribution in [0.3, 0.4) is 0 Å². The molecule has 0 radical (unpaired) electrons. The van der Waals surface area contributed by atoms with Gasteiger partial charge in [-0.15, -0.1) is 0 Å². The molecule has 0 fully saturated rings. The second kappa shape index (κ2) is 6.51. The number of halogens is 1. The van der Waals surface area contributed by atoms with Gasteiger partial charge in [0.2, 0.25) is 0 Å². The molecule has 1 N–H and O–H groups in total. The summed E-state index contributed by atoms with van der Waals surface area (Å²) < 4.78 is 4.70. The minimum Gasteiger partial charge on any atom is -0.462 e. The first kappa shape index (κ1) is 13.0. The molecule has 1 aromatic rings. The van der Waals surface area contributed by atoms with E-state index in [9.17, 15) is 4.79 Å². The third-order valence-electron chi connectivity index (χ3n) is 1.73. The van der Waals surface area contributed by atoms with E-state index in [1.165, 1.54) is 12.4 Å². The van der Waals surface area contributed by atoms with Crippen molar-refractivity contribution >= 4 is 23.3 Å². The van der Waals surface area contributed by atoms with Gasteiger partial charge in [-0.2, -0.15) is 5.26 Å². The summed E-state index contributed by atoms with van der Waals surface area (Å²) in [6.07, 6.45) is 2.75. The van der Waals surface area contributed by atoms with Crippen molar-refractivity contribution < 1.29 is 9.53 Å². The number of nitrogens with one attached hydrogen (secondary N) is 1. The standard InChI is InChI=1S/C11H10ClN3O2/c1-2-17-11(16)8(5-13)6-14-9-3-4-10(12)15-7-9/h3-4,6-7,14H,2H2,1H3. The van der Waals surface area contributed by atoms with Crippen LogP contribution in [0.15, 0.2) is 30.1 Å². The molecule has 17 heavy (non-hydrogen) atoms. The van der Waals surface area contributed by atoms with E-state index in [0.717, 1.165) is 0 Å². The molecule has 5 nitrogen and oxygen atoms in total. The summed E-state index contributed by atoms with van der Waals surface area (Å²) in [5.41, 5.74) is 0.508. The molecule has 0 aliphatic heterocycles. The number of rotatable bonds is 4. The number of anilines is 1. The van der Waals surface area contributed by atoms with Crippen molar-refractivity contribution in [2.45, 2.75) is 6.92 Å². The minimum atomic E-state index is -0.663. The van der Waals surface area contributed by atoms with Gasteiger partial charge in [0.25, 0.3) is 0 Å². The molecule has 0 atom stereocenters. The maximum atomic E-state index is 11.3. The van der Waals surface area contributed by atoms with Crippen LogP contribution >= 0.6 is 11.6 Å². The quantitative estimate of drug-likeness (QED) is 0.384. The molecule has 1 aromatic heterocycles. The monoisotopic (exact) mass is 251 g/mol. The second-order valence-corrected chi connectivity index (χ2v) is 3.29. The summed E-state index contributed by atoms with van der Waals surface area (Å²) in [6, 6.07) is 5.01. The van der Waals surface area contributed by atoms with Gasteiger partial charge >= 0.3 is 5.97 Å². The molecule has 0 aliphatic rings. The van der Waals surface area contributed by atoms with Crippen LogP contribution in [0.5, 0.6) is 0 Å². The smallest absolute Gasteiger partial charge is 0.350 e. The van der Waals surface area contributed by atoms with E-state index in [1.54, 1.807) is 25.1 Å². The first-order valence-electron chi connectivity index (χ1n) is 4.83. The van der Waals surface area contributed by atoms with Gasteiger partial charge < -0.3 is 10.1 Å². The highest BCUT2D eigenvalue weighted by Crippen LogP contribution is 2.10. The van der Waals surface area contributed by atoms with Crippen LogP contribution in [-0.4, -0.2) is 17.6 Å². The van der Waals surface area contributed by atoms with Crippen molar-refractivity contribution in [2.24, 2.45) is 0 Å². The van der Waals surface area contributed by atoms with Crippen molar-refractivity contribution in [1.29, 1.82) is 5.26 Å². The van der Waals surface area contributed by atoms with Gasteiger partial charge in [-0.05, 0) is 19.1 Å². The maximum absolute atomic E-state index is 11.3. The van der Waals surface area contributed by atoms with Gasteiger partial charge in [0.15, 0.2) is 5.57 Å². The summed E-state index contributed by atoms with van der Waals surface area (Å²) in [5, 5.41) is 11.9. The third-order valence-corrected chi connectivity index (χ3v) is 1.95. The number of nitrogens with zero attached hydrogens (tertiary/aromatic N) is 2. The lowest BCUT2D eigenvalue weighted by molar-refractivity contribution is -0.138. The topological polar surface area (TPSA) is 75.0 Å². The molecule has 0 aliphatic carbocycles. The number of carbonyl (C=O) groups is 1. The summed E-state index contributed by atoms with van der Waals surface area (Å²) in [5.74, 6) is -0.663. The molecule has 0 spiro atoms.